The number of rotatable bonds is 9. The first-order valence-corrected chi connectivity index (χ1v) is 8.54. The van der Waals surface area contributed by atoms with Gasteiger partial charge in [-0.05, 0) is 31.9 Å². The van der Waals surface area contributed by atoms with Crippen molar-refractivity contribution >= 4 is 29.2 Å². The zero-order valence-corrected chi connectivity index (χ0v) is 15.9. The molecule has 0 radical (unpaired) electrons. The lowest BCUT2D eigenvalue weighted by Crippen LogP contribution is -2.45. The molecule has 0 bridgehead atoms. The number of nitro benzene ring substituents is 1. The first kappa shape index (κ1) is 21.9. The number of amides is 1. The van der Waals surface area contributed by atoms with Gasteiger partial charge in [0.05, 0.1) is 17.6 Å². The number of nitrogens with zero attached hydrogens (tertiary/aromatic N) is 1. The van der Waals surface area contributed by atoms with Crippen molar-refractivity contribution in [3.8, 4) is 0 Å². The molecule has 0 aliphatic rings. The fraction of sp³-hybridized carbons (Fsp3) is 0.529. The SMILES string of the molecule is CC(C)OCCOC(=O)[C@@H](NC(=O)c1ccc(Cl)c([N+](=O)[O-])c1)C(C)C. The highest BCUT2D eigenvalue weighted by Gasteiger charge is 2.27. The molecular weight excluding hydrogens is 364 g/mol. The normalized spacial score (nSPS) is 12.1. The van der Waals surface area contributed by atoms with Crippen molar-refractivity contribution in [2.45, 2.75) is 39.8 Å². The standard InChI is InChI=1S/C17H23ClN2O6/c1-10(2)15(17(22)26-8-7-25-11(3)4)19-16(21)12-5-6-13(18)14(9-12)20(23)24/h5-6,9-11,15H,7-8H2,1-4H3,(H,19,21)/t15-/m0/s1. The van der Waals surface area contributed by atoms with Gasteiger partial charge in [-0.15, -0.1) is 0 Å². The van der Waals surface area contributed by atoms with Crippen LogP contribution in [0.5, 0.6) is 0 Å². The quantitative estimate of drug-likeness (QED) is 0.302. The Morgan fingerprint density at radius 1 is 1.23 bits per heavy atom. The van der Waals surface area contributed by atoms with E-state index in [1.807, 2.05) is 13.8 Å². The van der Waals surface area contributed by atoms with Crippen LogP contribution >= 0.6 is 11.6 Å². The molecule has 0 fully saturated rings. The third-order valence-corrected chi connectivity index (χ3v) is 3.71. The van der Waals surface area contributed by atoms with Gasteiger partial charge in [-0.2, -0.15) is 0 Å². The average molecular weight is 387 g/mol. The molecule has 0 aliphatic carbocycles. The van der Waals surface area contributed by atoms with Crippen LogP contribution in [0.4, 0.5) is 5.69 Å². The van der Waals surface area contributed by atoms with Crippen molar-refractivity contribution in [1.82, 2.24) is 5.32 Å². The molecule has 144 valence electrons. The zero-order chi connectivity index (χ0) is 19.9. The van der Waals surface area contributed by atoms with Gasteiger partial charge >= 0.3 is 5.97 Å². The van der Waals surface area contributed by atoms with Crippen LogP contribution in [0.15, 0.2) is 18.2 Å². The highest BCUT2D eigenvalue weighted by molar-refractivity contribution is 6.32. The Morgan fingerprint density at radius 2 is 1.88 bits per heavy atom. The van der Waals surface area contributed by atoms with Crippen LogP contribution in [-0.4, -0.2) is 42.2 Å². The van der Waals surface area contributed by atoms with Crippen LogP contribution in [0.1, 0.15) is 38.1 Å². The Kier molecular flexibility index (Phi) is 8.47. The van der Waals surface area contributed by atoms with Crippen LogP contribution in [0.3, 0.4) is 0 Å². The topological polar surface area (TPSA) is 108 Å². The van der Waals surface area contributed by atoms with E-state index in [2.05, 4.69) is 5.32 Å². The van der Waals surface area contributed by atoms with Crippen LogP contribution in [0.2, 0.25) is 5.02 Å². The summed E-state index contributed by atoms with van der Waals surface area (Å²) in [6.07, 6.45) is 0.0231. The number of nitro groups is 1. The monoisotopic (exact) mass is 386 g/mol. The smallest absolute Gasteiger partial charge is 0.328 e. The van der Waals surface area contributed by atoms with Gasteiger partial charge in [-0.3, -0.25) is 14.9 Å². The fourth-order valence-corrected chi connectivity index (χ4v) is 2.22. The molecule has 0 aromatic heterocycles. The second kappa shape index (κ2) is 10.1. The van der Waals surface area contributed by atoms with E-state index in [1.54, 1.807) is 13.8 Å². The molecule has 0 unspecified atom stereocenters. The Balaban J connectivity index is 2.77. The minimum atomic E-state index is -0.892. The molecule has 0 heterocycles. The molecule has 0 saturated heterocycles. The molecule has 1 aromatic carbocycles. The molecular formula is C17H23ClN2O6. The lowest BCUT2D eigenvalue weighted by Gasteiger charge is -2.21. The second-order valence-corrected chi connectivity index (χ2v) is 6.61. The maximum absolute atomic E-state index is 12.4. The highest BCUT2D eigenvalue weighted by Crippen LogP contribution is 2.25. The van der Waals surface area contributed by atoms with Gasteiger partial charge in [-0.1, -0.05) is 25.4 Å². The van der Waals surface area contributed by atoms with Gasteiger partial charge in [0.1, 0.15) is 17.7 Å². The Labute approximate surface area is 157 Å². The number of benzene rings is 1. The summed E-state index contributed by atoms with van der Waals surface area (Å²) in [5.74, 6) is -1.46. The summed E-state index contributed by atoms with van der Waals surface area (Å²) in [7, 11) is 0. The largest absolute Gasteiger partial charge is 0.462 e. The number of esters is 1. The molecule has 1 rings (SSSR count). The van der Waals surface area contributed by atoms with E-state index in [9.17, 15) is 19.7 Å². The van der Waals surface area contributed by atoms with Crippen LogP contribution in [0, 0.1) is 16.0 Å². The van der Waals surface area contributed by atoms with Crippen LogP contribution in [-0.2, 0) is 14.3 Å². The maximum Gasteiger partial charge on any atom is 0.328 e. The van der Waals surface area contributed by atoms with Gasteiger partial charge in [-0.25, -0.2) is 4.79 Å². The maximum atomic E-state index is 12.4. The van der Waals surface area contributed by atoms with E-state index in [1.165, 1.54) is 12.1 Å². The van der Waals surface area contributed by atoms with E-state index in [0.29, 0.717) is 0 Å². The summed E-state index contributed by atoms with van der Waals surface area (Å²) in [5, 5.41) is 13.4. The molecule has 0 aliphatic heterocycles. The molecule has 0 spiro atoms. The summed E-state index contributed by atoms with van der Waals surface area (Å²) in [6.45, 7) is 7.56. The molecule has 1 N–H and O–H groups in total. The zero-order valence-electron chi connectivity index (χ0n) is 15.2. The predicted octanol–water partition coefficient (Wildman–Crippen LogP) is 2.97. The Hall–Kier alpha value is -2.19. The van der Waals surface area contributed by atoms with Gasteiger partial charge in [0, 0.05) is 11.6 Å². The molecule has 1 atom stereocenters. The Bertz CT molecular complexity index is 663. The number of carbonyl (C=O) groups excluding carboxylic acids is 2. The summed E-state index contributed by atoms with van der Waals surface area (Å²) < 4.78 is 10.4. The van der Waals surface area contributed by atoms with Crippen molar-refractivity contribution in [1.29, 1.82) is 0 Å². The lowest BCUT2D eigenvalue weighted by molar-refractivity contribution is -0.384. The van der Waals surface area contributed by atoms with Crippen LogP contribution in [0.25, 0.3) is 0 Å². The molecule has 1 amide bonds. The van der Waals surface area contributed by atoms with Crippen LogP contribution < -0.4 is 5.32 Å². The lowest BCUT2D eigenvalue weighted by atomic mass is 10.0. The van der Waals surface area contributed by atoms with E-state index in [0.717, 1.165) is 6.07 Å². The summed E-state index contributed by atoms with van der Waals surface area (Å²) in [6, 6.07) is 2.79. The van der Waals surface area contributed by atoms with Gasteiger partial charge in [0.15, 0.2) is 0 Å². The number of hydrogen-bond donors (Lipinski definition) is 1. The molecule has 9 heteroatoms. The van der Waals surface area contributed by atoms with Crippen molar-refractivity contribution < 1.29 is 24.0 Å². The molecule has 8 nitrogen and oxygen atoms in total. The Morgan fingerprint density at radius 3 is 2.42 bits per heavy atom. The fourth-order valence-electron chi connectivity index (χ4n) is 2.03. The van der Waals surface area contributed by atoms with Crippen molar-refractivity contribution in [3.63, 3.8) is 0 Å². The molecule has 1 aromatic rings. The molecule has 26 heavy (non-hydrogen) atoms. The van der Waals surface area contributed by atoms with Gasteiger partial charge in [0.2, 0.25) is 0 Å². The summed E-state index contributed by atoms with van der Waals surface area (Å²) in [5.41, 5.74) is -0.350. The predicted molar refractivity (Wildman–Crippen MR) is 96.2 cm³/mol. The number of hydrogen-bond acceptors (Lipinski definition) is 6. The van der Waals surface area contributed by atoms with Crippen molar-refractivity contribution in [2.24, 2.45) is 5.92 Å². The summed E-state index contributed by atoms with van der Waals surface area (Å²) >= 11 is 5.74. The number of ether oxygens (including phenoxy) is 2. The van der Waals surface area contributed by atoms with Gasteiger partial charge < -0.3 is 14.8 Å². The van der Waals surface area contributed by atoms with Gasteiger partial charge in [0.25, 0.3) is 11.6 Å². The number of carbonyl (C=O) groups is 2. The first-order valence-electron chi connectivity index (χ1n) is 8.16. The minimum absolute atomic E-state index is 0.0231. The number of halogens is 1. The van der Waals surface area contributed by atoms with E-state index < -0.39 is 22.8 Å². The average Bonchev–Trinajstić information content (AvgIpc) is 2.55. The second-order valence-electron chi connectivity index (χ2n) is 6.21. The van der Waals surface area contributed by atoms with Crippen molar-refractivity contribution in [3.05, 3.63) is 38.9 Å². The van der Waals surface area contributed by atoms with E-state index in [4.69, 9.17) is 21.1 Å². The third-order valence-electron chi connectivity index (χ3n) is 3.39. The molecule has 0 saturated carbocycles. The van der Waals surface area contributed by atoms with Crippen molar-refractivity contribution in [2.75, 3.05) is 13.2 Å². The highest BCUT2D eigenvalue weighted by atomic mass is 35.5. The minimum Gasteiger partial charge on any atom is -0.462 e. The number of nitrogens with one attached hydrogen (secondary N) is 1. The first-order chi connectivity index (χ1) is 12.1. The third kappa shape index (κ3) is 6.61. The summed E-state index contributed by atoms with van der Waals surface area (Å²) in [4.78, 5) is 34.8. The van der Waals surface area contributed by atoms with E-state index in [-0.39, 0.29) is 41.5 Å². The van der Waals surface area contributed by atoms with E-state index >= 15 is 0 Å².